The van der Waals surface area contributed by atoms with Gasteiger partial charge in [-0.1, -0.05) is 109 Å². The first-order valence-electron chi connectivity index (χ1n) is 10.7. The third kappa shape index (κ3) is 3.70. The monoisotopic (exact) mass is 450 g/mol. The second-order valence-electron chi connectivity index (χ2n) is 7.79. The number of hydrogen-bond donors (Lipinski definition) is 0. The molecular formula is C28H22N2O2S. The molecule has 1 saturated heterocycles. The van der Waals surface area contributed by atoms with Crippen molar-refractivity contribution in [3.05, 3.63) is 132 Å². The number of hydrogen-bond acceptors (Lipinski definition) is 4. The lowest BCUT2D eigenvalue weighted by molar-refractivity contribution is -0.132. The van der Waals surface area contributed by atoms with Crippen molar-refractivity contribution in [1.29, 1.82) is 0 Å². The van der Waals surface area contributed by atoms with Crippen molar-refractivity contribution >= 4 is 34.3 Å². The molecule has 5 heteroatoms. The van der Waals surface area contributed by atoms with Crippen LogP contribution < -0.4 is 5.01 Å². The second kappa shape index (κ2) is 8.96. The van der Waals surface area contributed by atoms with E-state index in [4.69, 9.17) is 0 Å². The normalized spacial score (nSPS) is 15.3. The van der Waals surface area contributed by atoms with Crippen molar-refractivity contribution in [2.45, 2.75) is 5.41 Å². The van der Waals surface area contributed by atoms with Gasteiger partial charge in [0, 0.05) is 5.75 Å². The minimum Gasteiger partial charge on any atom is -0.271 e. The molecule has 0 spiro atoms. The lowest BCUT2D eigenvalue weighted by atomic mass is 9.75. The zero-order chi connectivity index (χ0) is 22.7. The number of nitrogens with zero attached hydrogens (tertiary/aromatic N) is 2. The molecule has 1 fully saturated rings. The minimum atomic E-state index is -0.997. The van der Waals surface area contributed by atoms with E-state index in [1.807, 2.05) is 121 Å². The summed E-state index contributed by atoms with van der Waals surface area (Å²) < 4.78 is 0. The highest BCUT2D eigenvalue weighted by Crippen LogP contribution is 2.44. The van der Waals surface area contributed by atoms with Gasteiger partial charge in [-0.15, -0.1) is 0 Å². The van der Waals surface area contributed by atoms with Crippen LogP contribution in [0.25, 0.3) is 0 Å². The number of carbonyl (C=O) groups excluding carboxylic acids is 2. The van der Waals surface area contributed by atoms with E-state index in [-0.39, 0.29) is 11.1 Å². The Bertz CT molecular complexity index is 1170. The van der Waals surface area contributed by atoms with Crippen molar-refractivity contribution in [2.75, 3.05) is 10.8 Å². The van der Waals surface area contributed by atoms with Crippen LogP contribution in [0.3, 0.4) is 0 Å². The Morgan fingerprint density at radius 3 is 1.42 bits per heavy atom. The maximum absolute atomic E-state index is 14.5. The molecule has 0 radical (unpaired) electrons. The third-order valence-corrected chi connectivity index (χ3v) is 6.87. The third-order valence-electron chi connectivity index (χ3n) is 5.88. The first-order valence-corrected chi connectivity index (χ1v) is 11.7. The Morgan fingerprint density at radius 1 is 0.606 bits per heavy atom. The molecule has 0 saturated carbocycles. The SMILES string of the molecule is O=C1SCC(c2ccccc2)(c2ccccc2)C(=O)N1N(c1ccccc1)c1ccccc1. The maximum Gasteiger partial charge on any atom is 0.307 e. The summed E-state index contributed by atoms with van der Waals surface area (Å²) in [5.74, 6) is 0.0726. The van der Waals surface area contributed by atoms with Gasteiger partial charge in [0.15, 0.2) is 0 Å². The molecule has 162 valence electrons. The quantitative estimate of drug-likeness (QED) is 0.352. The number of para-hydroxylation sites is 2. The lowest BCUT2D eigenvalue weighted by Crippen LogP contribution is -2.59. The smallest absolute Gasteiger partial charge is 0.271 e. The van der Waals surface area contributed by atoms with Crippen molar-refractivity contribution in [3.8, 4) is 0 Å². The highest BCUT2D eigenvalue weighted by atomic mass is 32.2. The Balaban J connectivity index is 1.72. The molecule has 0 atom stereocenters. The van der Waals surface area contributed by atoms with E-state index in [2.05, 4.69) is 0 Å². The summed E-state index contributed by atoms with van der Waals surface area (Å²) in [6.45, 7) is 0. The van der Waals surface area contributed by atoms with Gasteiger partial charge < -0.3 is 0 Å². The minimum absolute atomic E-state index is 0.267. The number of carbonyl (C=O) groups is 2. The van der Waals surface area contributed by atoms with Gasteiger partial charge in [0.1, 0.15) is 5.41 Å². The van der Waals surface area contributed by atoms with E-state index in [1.165, 1.54) is 16.8 Å². The Morgan fingerprint density at radius 2 is 1.00 bits per heavy atom. The fourth-order valence-electron chi connectivity index (χ4n) is 4.27. The number of anilines is 2. The summed E-state index contributed by atoms with van der Waals surface area (Å²) in [4.78, 5) is 27.9. The molecule has 0 unspecified atom stereocenters. The molecular weight excluding hydrogens is 428 g/mol. The van der Waals surface area contributed by atoms with Crippen LogP contribution in [0.1, 0.15) is 11.1 Å². The molecule has 5 rings (SSSR count). The van der Waals surface area contributed by atoms with Crippen LogP contribution in [0.2, 0.25) is 0 Å². The number of amides is 2. The number of benzene rings is 4. The van der Waals surface area contributed by atoms with Gasteiger partial charge in [-0.2, -0.15) is 5.01 Å². The van der Waals surface area contributed by atoms with Gasteiger partial charge in [-0.3, -0.25) is 9.59 Å². The van der Waals surface area contributed by atoms with Crippen LogP contribution in [0.4, 0.5) is 16.2 Å². The Hall–Kier alpha value is -3.83. The summed E-state index contributed by atoms with van der Waals surface area (Å²) in [6.07, 6.45) is 0. The molecule has 1 aliphatic heterocycles. The van der Waals surface area contributed by atoms with Gasteiger partial charge in [-0.25, -0.2) is 5.01 Å². The van der Waals surface area contributed by atoms with Crippen LogP contribution in [-0.4, -0.2) is 21.9 Å². The zero-order valence-corrected chi connectivity index (χ0v) is 18.7. The second-order valence-corrected chi connectivity index (χ2v) is 8.72. The molecule has 33 heavy (non-hydrogen) atoms. The lowest BCUT2D eigenvalue weighted by Gasteiger charge is -2.45. The van der Waals surface area contributed by atoms with E-state index in [1.54, 1.807) is 5.01 Å². The number of thioether (sulfide) groups is 1. The van der Waals surface area contributed by atoms with Crippen LogP contribution >= 0.6 is 11.8 Å². The van der Waals surface area contributed by atoms with Crippen molar-refractivity contribution < 1.29 is 9.59 Å². The molecule has 2 amide bonds. The first-order chi connectivity index (χ1) is 16.2. The van der Waals surface area contributed by atoms with Crippen LogP contribution in [-0.2, 0) is 10.2 Å². The fraction of sp³-hybridized carbons (Fsp3) is 0.0714. The average molecular weight is 451 g/mol. The van der Waals surface area contributed by atoms with Gasteiger partial charge >= 0.3 is 5.24 Å². The highest BCUT2D eigenvalue weighted by Gasteiger charge is 2.52. The topological polar surface area (TPSA) is 40.6 Å². The largest absolute Gasteiger partial charge is 0.307 e. The van der Waals surface area contributed by atoms with Crippen LogP contribution in [0, 0.1) is 0 Å². The van der Waals surface area contributed by atoms with E-state index in [0.29, 0.717) is 5.75 Å². The number of hydrazine groups is 1. The predicted molar refractivity (Wildman–Crippen MR) is 133 cm³/mol. The molecule has 4 nitrogen and oxygen atoms in total. The summed E-state index contributed by atoms with van der Waals surface area (Å²) >= 11 is 1.17. The Labute approximate surface area is 197 Å². The maximum atomic E-state index is 14.5. The van der Waals surface area contributed by atoms with Crippen LogP contribution in [0.15, 0.2) is 121 Å². The zero-order valence-electron chi connectivity index (χ0n) is 17.9. The molecule has 4 aromatic rings. The fourth-order valence-corrected chi connectivity index (χ4v) is 5.36. The van der Waals surface area contributed by atoms with E-state index >= 15 is 0 Å². The van der Waals surface area contributed by atoms with Crippen molar-refractivity contribution in [2.24, 2.45) is 0 Å². The molecule has 0 aliphatic carbocycles. The average Bonchev–Trinajstić information content (AvgIpc) is 2.89. The highest BCUT2D eigenvalue weighted by molar-refractivity contribution is 8.13. The number of rotatable bonds is 5. The standard InChI is InChI=1S/C28H22N2O2S/c31-26-28(22-13-5-1-6-14-22,23-15-7-2-8-16-23)21-33-27(32)30(26)29(24-17-9-3-10-18-24)25-19-11-4-12-20-25/h1-20H,21H2. The summed E-state index contributed by atoms with van der Waals surface area (Å²) in [5, 5.41) is 2.73. The van der Waals surface area contributed by atoms with Crippen molar-refractivity contribution in [1.82, 2.24) is 5.01 Å². The molecule has 1 aliphatic rings. The first kappa shape index (κ1) is 21.0. The summed E-state index contributed by atoms with van der Waals surface area (Å²) in [7, 11) is 0. The van der Waals surface area contributed by atoms with Gasteiger partial charge in [0.05, 0.1) is 11.4 Å². The van der Waals surface area contributed by atoms with Crippen molar-refractivity contribution in [3.63, 3.8) is 0 Å². The van der Waals surface area contributed by atoms with E-state index in [0.717, 1.165) is 22.5 Å². The number of imide groups is 1. The molecule has 0 N–H and O–H groups in total. The van der Waals surface area contributed by atoms with Gasteiger partial charge in [-0.05, 0) is 35.4 Å². The van der Waals surface area contributed by atoms with Gasteiger partial charge in [0.25, 0.3) is 5.91 Å². The summed E-state index contributed by atoms with van der Waals surface area (Å²) in [5.41, 5.74) is 2.22. The van der Waals surface area contributed by atoms with E-state index < -0.39 is 5.41 Å². The molecule has 0 aromatic heterocycles. The molecule has 0 bridgehead atoms. The van der Waals surface area contributed by atoms with Crippen LogP contribution in [0.5, 0.6) is 0 Å². The Kier molecular flexibility index (Phi) is 5.71. The summed E-state index contributed by atoms with van der Waals surface area (Å²) in [6, 6.07) is 38.5. The van der Waals surface area contributed by atoms with Gasteiger partial charge in [0.2, 0.25) is 0 Å². The predicted octanol–water partition coefficient (Wildman–Crippen LogP) is 6.42. The molecule has 4 aromatic carbocycles. The molecule has 1 heterocycles. The van der Waals surface area contributed by atoms with E-state index in [9.17, 15) is 9.59 Å².